The molecule has 0 spiro atoms. The van der Waals surface area contributed by atoms with Gasteiger partial charge < -0.3 is 14.2 Å². The van der Waals surface area contributed by atoms with Gasteiger partial charge >= 0.3 is 0 Å². The molecular formula is C16H18N2O7S. The molecule has 0 saturated carbocycles. The zero-order valence-corrected chi connectivity index (χ0v) is 15.2. The van der Waals surface area contributed by atoms with Gasteiger partial charge in [0.15, 0.2) is 4.90 Å². The van der Waals surface area contributed by atoms with Crippen LogP contribution in [0, 0.1) is 10.1 Å². The Hall–Kier alpha value is -2.85. The second-order valence-electron chi connectivity index (χ2n) is 5.06. The van der Waals surface area contributed by atoms with Crippen LogP contribution >= 0.6 is 0 Å². The summed E-state index contributed by atoms with van der Waals surface area (Å²) in [4.78, 5) is 9.91. The molecule has 0 aromatic heterocycles. The van der Waals surface area contributed by atoms with Crippen LogP contribution in [0.1, 0.15) is 5.56 Å². The van der Waals surface area contributed by atoms with Gasteiger partial charge in [-0.2, -0.15) is 0 Å². The Labute approximate surface area is 150 Å². The van der Waals surface area contributed by atoms with Crippen molar-refractivity contribution in [2.75, 3.05) is 21.3 Å². The first kappa shape index (κ1) is 19.5. The number of rotatable bonds is 8. The maximum atomic E-state index is 12.5. The lowest BCUT2D eigenvalue weighted by Crippen LogP contribution is -2.24. The van der Waals surface area contributed by atoms with Crippen molar-refractivity contribution in [1.29, 1.82) is 0 Å². The third-order valence-electron chi connectivity index (χ3n) is 3.61. The molecule has 140 valence electrons. The lowest BCUT2D eigenvalue weighted by Gasteiger charge is -2.15. The minimum atomic E-state index is -4.13. The number of nitrogens with one attached hydrogen (secondary N) is 1. The molecule has 2 rings (SSSR count). The number of hydrogen-bond acceptors (Lipinski definition) is 7. The molecule has 0 radical (unpaired) electrons. The average molecular weight is 382 g/mol. The fourth-order valence-electron chi connectivity index (χ4n) is 2.33. The molecule has 0 amide bonds. The molecule has 2 aromatic carbocycles. The third kappa shape index (κ3) is 4.03. The molecule has 0 heterocycles. The maximum Gasteiger partial charge on any atom is 0.289 e. The number of nitro groups is 1. The van der Waals surface area contributed by atoms with Gasteiger partial charge in [-0.15, -0.1) is 0 Å². The van der Waals surface area contributed by atoms with Crippen molar-refractivity contribution in [3.63, 3.8) is 0 Å². The predicted molar refractivity (Wildman–Crippen MR) is 93.2 cm³/mol. The van der Waals surface area contributed by atoms with Crippen LogP contribution in [0.2, 0.25) is 0 Å². The van der Waals surface area contributed by atoms with Crippen molar-refractivity contribution in [1.82, 2.24) is 4.72 Å². The highest BCUT2D eigenvalue weighted by Gasteiger charge is 2.26. The first-order chi connectivity index (χ1) is 12.3. The van der Waals surface area contributed by atoms with Crippen molar-refractivity contribution in [2.24, 2.45) is 0 Å². The van der Waals surface area contributed by atoms with E-state index in [0.29, 0.717) is 22.8 Å². The fourth-order valence-corrected chi connectivity index (χ4v) is 3.50. The molecule has 0 aliphatic heterocycles. The Morgan fingerprint density at radius 2 is 1.62 bits per heavy atom. The first-order valence-electron chi connectivity index (χ1n) is 7.36. The average Bonchev–Trinajstić information content (AvgIpc) is 2.65. The normalized spacial score (nSPS) is 11.0. The summed E-state index contributed by atoms with van der Waals surface area (Å²) in [5.74, 6) is 1.18. The highest BCUT2D eigenvalue weighted by molar-refractivity contribution is 7.89. The van der Waals surface area contributed by atoms with E-state index in [1.165, 1.54) is 39.5 Å². The van der Waals surface area contributed by atoms with E-state index in [2.05, 4.69) is 4.72 Å². The number of ether oxygens (including phenoxy) is 3. The molecule has 0 unspecified atom stereocenters. The van der Waals surface area contributed by atoms with Gasteiger partial charge in [-0.3, -0.25) is 10.1 Å². The Bertz CT molecular complexity index is 888. The molecule has 1 N–H and O–H groups in total. The smallest absolute Gasteiger partial charge is 0.289 e. The van der Waals surface area contributed by atoms with Gasteiger partial charge in [0.05, 0.1) is 31.8 Å². The van der Waals surface area contributed by atoms with Crippen molar-refractivity contribution >= 4 is 15.7 Å². The van der Waals surface area contributed by atoms with Crippen LogP contribution in [0.5, 0.6) is 17.2 Å². The van der Waals surface area contributed by atoms with Crippen molar-refractivity contribution in [3.05, 3.63) is 52.1 Å². The summed E-state index contributed by atoms with van der Waals surface area (Å²) in [6.45, 7) is -0.190. The van der Waals surface area contributed by atoms with Crippen LogP contribution in [0.25, 0.3) is 0 Å². The second-order valence-corrected chi connectivity index (χ2v) is 6.80. The Balaban J connectivity index is 2.38. The Kier molecular flexibility index (Phi) is 6.01. The zero-order chi connectivity index (χ0) is 19.3. The van der Waals surface area contributed by atoms with Crippen molar-refractivity contribution in [3.8, 4) is 17.2 Å². The summed E-state index contributed by atoms with van der Waals surface area (Å²) in [5.41, 5.74) is -0.0772. The quantitative estimate of drug-likeness (QED) is 0.549. The van der Waals surface area contributed by atoms with E-state index in [0.717, 1.165) is 6.07 Å². The number of para-hydroxylation sites is 1. The maximum absolute atomic E-state index is 12.5. The molecule has 0 aliphatic carbocycles. The zero-order valence-electron chi connectivity index (χ0n) is 14.4. The largest absolute Gasteiger partial charge is 0.496 e. The van der Waals surface area contributed by atoms with Crippen LogP contribution in [-0.2, 0) is 16.6 Å². The second kappa shape index (κ2) is 8.02. The number of nitrogens with zero attached hydrogens (tertiary/aromatic N) is 1. The van der Waals surface area contributed by atoms with Gasteiger partial charge in [0.25, 0.3) is 5.69 Å². The first-order valence-corrected chi connectivity index (χ1v) is 8.84. The summed E-state index contributed by atoms with van der Waals surface area (Å²) in [7, 11) is 0.193. The highest BCUT2D eigenvalue weighted by atomic mass is 32.2. The van der Waals surface area contributed by atoms with Crippen LogP contribution in [-0.4, -0.2) is 34.7 Å². The molecule has 2 aromatic rings. The number of methoxy groups -OCH3 is 3. The molecular weight excluding hydrogens is 364 g/mol. The summed E-state index contributed by atoms with van der Waals surface area (Å²) >= 11 is 0. The van der Waals surface area contributed by atoms with E-state index in [9.17, 15) is 18.5 Å². The minimum absolute atomic E-state index is 0.190. The number of sulfonamides is 1. The highest BCUT2D eigenvalue weighted by Crippen LogP contribution is 2.34. The van der Waals surface area contributed by atoms with E-state index in [1.807, 2.05) is 0 Å². The lowest BCUT2D eigenvalue weighted by molar-refractivity contribution is -0.387. The predicted octanol–water partition coefficient (Wildman–Crippen LogP) is 2.10. The van der Waals surface area contributed by atoms with Crippen molar-refractivity contribution in [2.45, 2.75) is 11.4 Å². The Morgan fingerprint density at radius 1 is 1.04 bits per heavy atom. The summed E-state index contributed by atoms with van der Waals surface area (Å²) in [5, 5.41) is 11.1. The number of benzene rings is 2. The molecule has 0 fully saturated rings. The van der Waals surface area contributed by atoms with E-state index < -0.39 is 25.5 Å². The lowest BCUT2D eigenvalue weighted by atomic mass is 10.1. The minimum Gasteiger partial charge on any atom is -0.496 e. The van der Waals surface area contributed by atoms with Crippen LogP contribution in [0.4, 0.5) is 5.69 Å². The van der Waals surface area contributed by atoms with Gasteiger partial charge in [0, 0.05) is 24.7 Å². The molecule has 0 bridgehead atoms. The molecule has 9 nitrogen and oxygen atoms in total. The molecule has 10 heteroatoms. The molecule has 26 heavy (non-hydrogen) atoms. The van der Waals surface area contributed by atoms with Gasteiger partial charge in [-0.05, 0) is 6.07 Å². The van der Waals surface area contributed by atoms with E-state index in [-0.39, 0.29) is 6.54 Å². The third-order valence-corrected chi connectivity index (χ3v) is 5.06. The van der Waals surface area contributed by atoms with Crippen LogP contribution in [0.3, 0.4) is 0 Å². The number of hydrogen-bond donors (Lipinski definition) is 1. The molecule has 0 aliphatic rings. The van der Waals surface area contributed by atoms with Crippen LogP contribution < -0.4 is 18.9 Å². The molecule has 0 atom stereocenters. The molecule has 0 saturated heterocycles. The van der Waals surface area contributed by atoms with Gasteiger partial charge in [-0.25, -0.2) is 13.1 Å². The van der Waals surface area contributed by atoms with E-state index >= 15 is 0 Å². The van der Waals surface area contributed by atoms with Gasteiger partial charge in [0.1, 0.15) is 17.2 Å². The SMILES string of the molecule is COc1cc(OC)c(CNS(=O)(=O)c2ccccc2[N+](=O)[O-])c(OC)c1. The monoisotopic (exact) mass is 382 g/mol. The van der Waals surface area contributed by atoms with E-state index in [4.69, 9.17) is 14.2 Å². The fraction of sp³-hybridized carbons (Fsp3) is 0.250. The van der Waals surface area contributed by atoms with Gasteiger partial charge in [0.2, 0.25) is 10.0 Å². The van der Waals surface area contributed by atoms with Crippen LogP contribution in [0.15, 0.2) is 41.3 Å². The van der Waals surface area contributed by atoms with Gasteiger partial charge in [-0.1, -0.05) is 12.1 Å². The number of nitro benzene ring substituents is 1. The summed E-state index contributed by atoms with van der Waals surface area (Å²) in [6, 6.07) is 8.27. The Morgan fingerprint density at radius 3 is 2.12 bits per heavy atom. The van der Waals surface area contributed by atoms with E-state index in [1.54, 1.807) is 12.1 Å². The summed E-state index contributed by atoms with van der Waals surface area (Å²) in [6.07, 6.45) is 0. The standard InChI is InChI=1S/C16H18N2O7S/c1-23-11-8-14(24-2)12(15(9-11)25-3)10-17-26(21,22)16-7-5-4-6-13(16)18(19)20/h4-9,17H,10H2,1-3H3. The summed E-state index contributed by atoms with van der Waals surface area (Å²) < 4.78 is 43.1. The topological polar surface area (TPSA) is 117 Å². The van der Waals surface area contributed by atoms with Crippen molar-refractivity contribution < 1.29 is 27.6 Å².